The van der Waals surface area contributed by atoms with Crippen LogP contribution in [0.2, 0.25) is 0 Å². The summed E-state index contributed by atoms with van der Waals surface area (Å²) in [7, 11) is 0. The lowest BCUT2D eigenvalue weighted by Gasteiger charge is -2.13. The third-order valence-corrected chi connectivity index (χ3v) is 4.22. The van der Waals surface area contributed by atoms with Crippen LogP contribution in [0.1, 0.15) is 48.4 Å². The molecule has 3 rings (SSSR count). The summed E-state index contributed by atoms with van der Waals surface area (Å²) in [4.78, 5) is 0. The number of hydrogen-bond acceptors (Lipinski definition) is 1. The minimum absolute atomic E-state index is 0.661. The summed E-state index contributed by atoms with van der Waals surface area (Å²) in [5, 5.41) is 10.4. The van der Waals surface area contributed by atoms with Crippen LogP contribution in [0.3, 0.4) is 0 Å². The minimum atomic E-state index is 0.661. The van der Waals surface area contributed by atoms with Gasteiger partial charge in [-0.05, 0) is 49.9 Å². The van der Waals surface area contributed by atoms with Crippen LogP contribution in [-0.4, -0.2) is 4.57 Å². The first-order valence-electron chi connectivity index (χ1n) is 6.72. The zero-order valence-electron chi connectivity index (χ0n) is 11.0. The molecular weight excluding hydrogens is 220 g/mol. The van der Waals surface area contributed by atoms with Gasteiger partial charge in [0.15, 0.2) is 0 Å². The number of hydrogen-bond donors (Lipinski definition) is 0. The second-order valence-electron chi connectivity index (χ2n) is 5.45. The molecule has 0 saturated heterocycles. The normalized spacial score (nSPS) is 16.3. The van der Waals surface area contributed by atoms with E-state index in [2.05, 4.69) is 29.8 Å². The molecule has 1 aliphatic rings. The van der Waals surface area contributed by atoms with Gasteiger partial charge in [-0.2, -0.15) is 5.26 Å². The summed E-state index contributed by atoms with van der Waals surface area (Å²) in [5.74, 6) is 0. The molecule has 1 aliphatic carbocycles. The van der Waals surface area contributed by atoms with Gasteiger partial charge in [0.2, 0.25) is 0 Å². The maximum atomic E-state index is 9.13. The first kappa shape index (κ1) is 11.3. The van der Waals surface area contributed by atoms with Crippen molar-refractivity contribution >= 4 is 10.9 Å². The van der Waals surface area contributed by atoms with E-state index < -0.39 is 0 Å². The highest BCUT2D eigenvalue weighted by Gasteiger charge is 2.19. The van der Waals surface area contributed by atoms with Gasteiger partial charge in [0.05, 0.1) is 11.6 Å². The van der Waals surface area contributed by atoms with E-state index in [0.29, 0.717) is 6.04 Å². The van der Waals surface area contributed by atoms with E-state index in [9.17, 15) is 0 Å². The fourth-order valence-electron chi connectivity index (χ4n) is 3.17. The fourth-order valence-corrected chi connectivity index (χ4v) is 3.17. The molecule has 1 aromatic carbocycles. The third kappa shape index (κ3) is 1.62. The van der Waals surface area contributed by atoms with Crippen molar-refractivity contribution in [2.24, 2.45) is 0 Å². The summed E-state index contributed by atoms with van der Waals surface area (Å²) in [6.45, 7) is 4.17. The highest BCUT2D eigenvalue weighted by Crippen LogP contribution is 2.35. The van der Waals surface area contributed by atoms with Crippen molar-refractivity contribution in [2.75, 3.05) is 0 Å². The van der Waals surface area contributed by atoms with E-state index in [1.807, 2.05) is 13.0 Å². The van der Waals surface area contributed by atoms with Gasteiger partial charge in [-0.3, -0.25) is 0 Å². The van der Waals surface area contributed by atoms with Crippen LogP contribution in [-0.2, 0) is 0 Å². The molecule has 0 aliphatic heterocycles. The molecule has 0 unspecified atom stereocenters. The van der Waals surface area contributed by atoms with E-state index in [1.54, 1.807) is 0 Å². The van der Waals surface area contributed by atoms with Gasteiger partial charge in [-0.25, -0.2) is 0 Å². The average Bonchev–Trinajstić information content (AvgIpc) is 2.97. The predicted octanol–water partition coefficient (Wildman–Crippen LogP) is 4.24. The molecule has 92 valence electrons. The van der Waals surface area contributed by atoms with Crippen LogP contribution in [0.5, 0.6) is 0 Å². The van der Waals surface area contributed by atoms with Gasteiger partial charge in [0, 0.05) is 23.1 Å². The Morgan fingerprint density at radius 3 is 2.56 bits per heavy atom. The van der Waals surface area contributed by atoms with E-state index >= 15 is 0 Å². The molecule has 2 aromatic rings. The summed E-state index contributed by atoms with van der Waals surface area (Å²) < 4.78 is 2.44. The van der Waals surface area contributed by atoms with Crippen molar-refractivity contribution in [3.63, 3.8) is 0 Å². The van der Waals surface area contributed by atoms with Crippen molar-refractivity contribution in [1.29, 1.82) is 5.26 Å². The highest BCUT2D eigenvalue weighted by atomic mass is 15.0. The number of nitrogens with zero attached hydrogens (tertiary/aromatic N) is 2. The Morgan fingerprint density at radius 2 is 1.89 bits per heavy atom. The topological polar surface area (TPSA) is 28.7 Å². The van der Waals surface area contributed by atoms with Crippen molar-refractivity contribution in [3.8, 4) is 6.07 Å². The van der Waals surface area contributed by atoms with Crippen LogP contribution in [0, 0.1) is 25.2 Å². The lowest BCUT2D eigenvalue weighted by atomic mass is 10.1. The molecule has 1 aromatic heterocycles. The monoisotopic (exact) mass is 238 g/mol. The van der Waals surface area contributed by atoms with Crippen LogP contribution in [0.15, 0.2) is 18.3 Å². The lowest BCUT2D eigenvalue weighted by Crippen LogP contribution is -2.02. The summed E-state index contributed by atoms with van der Waals surface area (Å²) in [6.07, 6.45) is 7.54. The van der Waals surface area contributed by atoms with Crippen molar-refractivity contribution in [3.05, 3.63) is 35.0 Å². The first-order chi connectivity index (χ1) is 8.70. The number of aromatic nitrogens is 1. The Kier molecular flexibility index (Phi) is 2.63. The second-order valence-corrected chi connectivity index (χ2v) is 5.45. The maximum absolute atomic E-state index is 9.13. The van der Waals surface area contributed by atoms with Gasteiger partial charge in [-0.1, -0.05) is 12.8 Å². The Hall–Kier alpha value is -1.75. The number of fused-ring (bicyclic) bond motifs is 1. The molecule has 18 heavy (non-hydrogen) atoms. The Labute approximate surface area is 108 Å². The Balaban J connectivity index is 2.22. The van der Waals surface area contributed by atoms with E-state index in [1.165, 1.54) is 42.1 Å². The van der Waals surface area contributed by atoms with Gasteiger partial charge < -0.3 is 4.57 Å². The van der Waals surface area contributed by atoms with Crippen molar-refractivity contribution in [2.45, 2.75) is 45.6 Å². The molecule has 0 N–H and O–H groups in total. The van der Waals surface area contributed by atoms with Crippen molar-refractivity contribution in [1.82, 2.24) is 4.57 Å². The Morgan fingerprint density at radius 1 is 1.17 bits per heavy atom. The predicted molar refractivity (Wildman–Crippen MR) is 73.6 cm³/mol. The first-order valence-corrected chi connectivity index (χ1v) is 6.72. The summed E-state index contributed by atoms with van der Waals surface area (Å²) in [6, 6.07) is 7.17. The zero-order valence-corrected chi connectivity index (χ0v) is 11.0. The van der Waals surface area contributed by atoms with Crippen LogP contribution >= 0.6 is 0 Å². The molecule has 1 saturated carbocycles. The fraction of sp³-hybridized carbons (Fsp3) is 0.438. The average molecular weight is 238 g/mol. The largest absolute Gasteiger partial charge is 0.344 e. The van der Waals surface area contributed by atoms with Gasteiger partial charge in [-0.15, -0.1) is 0 Å². The zero-order chi connectivity index (χ0) is 12.7. The Bertz CT molecular complexity index is 637. The molecule has 0 radical (unpaired) electrons. The second kappa shape index (κ2) is 4.17. The summed E-state index contributed by atoms with van der Waals surface area (Å²) >= 11 is 0. The quantitative estimate of drug-likeness (QED) is 0.730. The smallest absolute Gasteiger partial charge is 0.0994 e. The van der Waals surface area contributed by atoms with Crippen LogP contribution < -0.4 is 0 Å². The maximum Gasteiger partial charge on any atom is 0.0994 e. The third-order valence-electron chi connectivity index (χ3n) is 4.22. The molecule has 2 nitrogen and oxygen atoms in total. The molecule has 0 spiro atoms. The molecule has 0 bridgehead atoms. The van der Waals surface area contributed by atoms with Gasteiger partial charge in [0.1, 0.15) is 0 Å². The molecule has 1 fully saturated rings. The number of rotatable bonds is 1. The summed E-state index contributed by atoms with van der Waals surface area (Å²) in [5.41, 5.74) is 4.47. The van der Waals surface area contributed by atoms with Crippen LogP contribution in [0.4, 0.5) is 0 Å². The van der Waals surface area contributed by atoms with Crippen LogP contribution in [0.25, 0.3) is 10.9 Å². The van der Waals surface area contributed by atoms with E-state index in [4.69, 9.17) is 5.26 Å². The molecule has 0 amide bonds. The molecule has 2 heteroatoms. The molecular formula is C16H18N2. The van der Waals surface area contributed by atoms with Gasteiger partial charge >= 0.3 is 0 Å². The van der Waals surface area contributed by atoms with Gasteiger partial charge in [0.25, 0.3) is 0 Å². The highest BCUT2D eigenvalue weighted by molar-refractivity contribution is 5.86. The number of nitriles is 1. The minimum Gasteiger partial charge on any atom is -0.344 e. The van der Waals surface area contributed by atoms with E-state index in [0.717, 1.165) is 11.1 Å². The number of benzene rings is 1. The molecule has 1 heterocycles. The molecule has 0 atom stereocenters. The SMILES string of the molecule is Cc1cc2c(cc1C#N)c(C)cn2C1CCCC1. The lowest BCUT2D eigenvalue weighted by molar-refractivity contribution is 0.535. The van der Waals surface area contributed by atoms with E-state index in [-0.39, 0.29) is 0 Å². The number of aryl methyl sites for hydroxylation is 2. The standard InChI is InChI=1S/C16H18N2/c1-11-7-16-15(8-13(11)9-17)12(2)10-18(16)14-5-3-4-6-14/h7-8,10,14H,3-6H2,1-2H3. The van der Waals surface area contributed by atoms with Crippen molar-refractivity contribution < 1.29 is 0 Å².